The van der Waals surface area contributed by atoms with Crippen molar-refractivity contribution in [3.05, 3.63) is 51.4 Å². The minimum absolute atomic E-state index is 0.0687. The summed E-state index contributed by atoms with van der Waals surface area (Å²) in [5.41, 5.74) is 4.03. The number of anilines is 1. The molecule has 3 rings (SSSR count). The van der Waals surface area contributed by atoms with Crippen molar-refractivity contribution >= 4 is 28.2 Å². The van der Waals surface area contributed by atoms with E-state index in [1.165, 1.54) is 34.5 Å². The van der Waals surface area contributed by atoms with Gasteiger partial charge in [0.15, 0.2) is 6.54 Å². The van der Waals surface area contributed by atoms with E-state index in [0.29, 0.717) is 17.1 Å². The zero-order chi connectivity index (χ0) is 18.0. The van der Waals surface area contributed by atoms with E-state index in [4.69, 9.17) is 4.74 Å². The Hall–Kier alpha value is -2.18. The van der Waals surface area contributed by atoms with Gasteiger partial charge in [0.25, 0.3) is 5.91 Å². The molecular formula is C19H23N2O3S+. The summed E-state index contributed by atoms with van der Waals surface area (Å²) in [5, 5.41) is 3.50. The van der Waals surface area contributed by atoms with Gasteiger partial charge in [-0.2, -0.15) is 0 Å². The smallest absolute Gasteiger partial charge is 0.341 e. The zero-order valence-corrected chi connectivity index (χ0v) is 15.6. The van der Waals surface area contributed by atoms with E-state index >= 15 is 0 Å². The van der Waals surface area contributed by atoms with Gasteiger partial charge in [-0.3, -0.25) is 4.79 Å². The first kappa shape index (κ1) is 17.6. The number of amides is 1. The van der Waals surface area contributed by atoms with Crippen molar-refractivity contribution in [3.63, 3.8) is 0 Å². The van der Waals surface area contributed by atoms with Crippen molar-refractivity contribution in [2.75, 3.05) is 25.5 Å². The summed E-state index contributed by atoms with van der Waals surface area (Å²) >= 11 is 1.42. The fourth-order valence-electron chi connectivity index (χ4n) is 3.25. The fourth-order valence-corrected chi connectivity index (χ4v) is 4.32. The Labute approximate surface area is 151 Å². The lowest BCUT2D eigenvalue weighted by Crippen LogP contribution is -3.12. The second-order valence-corrected chi connectivity index (χ2v) is 7.62. The van der Waals surface area contributed by atoms with Gasteiger partial charge < -0.3 is 15.0 Å². The number of rotatable bonds is 4. The van der Waals surface area contributed by atoms with Gasteiger partial charge >= 0.3 is 5.97 Å². The maximum atomic E-state index is 12.5. The Balaban J connectivity index is 1.68. The van der Waals surface area contributed by atoms with E-state index in [0.717, 1.165) is 30.0 Å². The van der Waals surface area contributed by atoms with Crippen molar-refractivity contribution in [1.29, 1.82) is 0 Å². The van der Waals surface area contributed by atoms with E-state index in [1.807, 2.05) is 19.9 Å². The SMILES string of the molecule is COC(=O)c1c(NC(=O)C[NH+]2CCc3ccccc3C2)sc(C)c1C. The number of carbonyl (C=O) groups is 2. The van der Waals surface area contributed by atoms with Gasteiger partial charge in [0.1, 0.15) is 11.5 Å². The first-order valence-electron chi connectivity index (χ1n) is 8.38. The number of thiophene rings is 1. The molecule has 1 aliphatic heterocycles. The van der Waals surface area contributed by atoms with Gasteiger partial charge in [-0.25, -0.2) is 4.79 Å². The molecule has 1 aromatic heterocycles. The summed E-state index contributed by atoms with van der Waals surface area (Å²) in [6.45, 7) is 6.01. The van der Waals surface area contributed by atoms with E-state index in [9.17, 15) is 9.59 Å². The summed E-state index contributed by atoms with van der Waals surface area (Å²) in [7, 11) is 1.36. The second-order valence-electron chi connectivity index (χ2n) is 6.40. The summed E-state index contributed by atoms with van der Waals surface area (Å²) in [5.74, 6) is -0.475. The lowest BCUT2D eigenvalue weighted by atomic mass is 10.00. The van der Waals surface area contributed by atoms with Crippen molar-refractivity contribution in [2.45, 2.75) is 26.8 Å². The third-order valence-electron chi connectivity index (χ3n) is 4.75. The molecule has 2 N–H and O–H groups in total. The van der Waals surface area contributed by atoms with Crippen molar-refractivity contribution in [3.8, 4) is 0 Å². The third kappa shape index (κ3) is 3.75. The van der Waals surface area contributed by atoms with Crippen molar-refractivity contribution in [2.24, 2.45) is 0 Å². The number of fused-ring (bicyclic) bond motifs is 1. The lowest BCUT2D eigenvalue weighted by molar-refractivity contribution is -0.907. The molecule has 1 amide bonds. The monoisotopic (exact) mass is 359 g/mol. The topological polar surface area (TPSA) is 59.8 Å². The number of carbonyl (C=O) groups excluding carboxylic acids is 2. The average molecular weight is 359 g/mol. The molecule has 1 aromatic carbocycles. The zero-order valence-electron chi connectivity index (χ0n) is 14.8. The molecule has 132 valence electrons. The van der Waals surface area contributed by atoms with Gasteiger partial charge in [0, 0.05) is 16.9 Å². The van der Waals surface area contributed by atoms with Crippen LogP contribution in [0, 0.1) is 13.8 Å². The van der Waals surface area contributed by atoms with E-state index in [1.54, 1.807) is 0 Å². The summed E-state index contributed by atoms with van der Waals surface area (Å²) in [4.78, 5) is 26.8. The van der Waals surface area contributed by atoms with E-state index in [2.05, 4.69) is 23.5 Å². The predicted octanol–water partition coefficient (Wildman–Crippen LogP) is 1.73. The molecule has 0 radical (unpaired) electrons. The number of hydrogen-bond donors (Lipinski definition) is 2. The number of aryl methyl sites for hydroxylation is 1. The van der Waals surface area contributed by atoms with Gasteiger partial charge in [-0.15, -0.1) is 11.3 Å². The van der Waals surface area contributed by atoms with Gasteiger partial charge in [0.05, 0.1) is 19.2 Å². The van der Waals surface area contributed by atoms with Gasteiger partial charge in [-0.1, -0.05) is 24.3 Å². The van der Waals surface area contributed by atoms with Crippen LogP contribution in [0.4, 0.5) is 5.00 Å². The van der Waals surface area contributed by atoms with Crippen LogP contribution in [0.5, 0.6) is 0 Å². The summed E-state index contributed by atoms with van der Waals surface area (Å²) in [6, 6.07) is 8.40. The Morgan fingerprint density at radius 3 is 2.68 bits per heavy atom. The van der Waals surface area contributed by atoms with Crippen LogP contribution in [0.2, 0.25) is 0 Å². The molecule has 2 aromatic rings. The number of ether oxygens (including phenoxy) is 1. The van der Waals surface area contributed by atoms with Crippen LogP contribution in [-0.2, 0) is 22.5 Å². The quantitative estimate of drug-likeness (QED) is 0.818. The molecule has 0 spiro atoms. The van der Waals surface area contributed by atoms with Crippen LogP contribution in [0.25, 0.3) is 0 Å². The second kappa shape index (κ2) is 7.37. The number of quaternary nitrogens is 1. The number of benzene rings is 1. The Morgan fingerprint density at radius 2 is 1.96 bits per heavy atom. The predicted molar refractivity (Wildman–Crippen MR) is 98.3 cm³/mol. The van der Waals surface area contributed by atoms with E-state index in [-0.39, 0.29) is 5.91 Å². The maximum Gasteiger partial charge on any atom is 0.341 e. The Bertz CT molecular complexity index is 813. The highest BCUT2D eigenvalue weighted by Gasteiger charge is 2.25. The Morgan fingerprint density at radius 1 is 1.24 bits per heavy atom. The molecule has 2 heterocycles. The normalized spacial score (nSPS) is 16.2. The van der Waals surface area contributed by atoms with Crippen LogP contribution in [0.15, 0.2) is 24.3 Å². The molecule has 1 atom stereocenters. The van der Waals surface area contributed by atoms with Crippen LogP contribution in [0.1, 0.15) is 31.9 Å². The Kier molecular flexibility index (Phi) is 5.20. The minimum atomic E-state index is -0.406. The molecule has 0 saturated carbocycles. The maximum absolute atomic E-state index is 12.5. The van der Waals surface area contributed by atoms with Crippen LogP contribution >= 0.6 is 11.3 Å². The molecule has 6 heteroatoms. The first-order chi connectivity index (χ1) is 12.0. The van der Waals surface area contributed by atoms with Crippen LogP contribution < -0.4 is 10.2 Å². The number of nitrogens with one attached hydrogen (secondary N) is 2. The van der Waals surface area contributed by atoms with Crippen LogP contribution in [0.3, 0.4) is 0 Å². The summed E-state index contributed by atoms with van der Waals surface area (Å²) in [6.07, 6.45) is 0.989. The molecule has 5 nitrogen and oxygen atoms in total. The largest absolute Gasteiger partial charge is 0.465 e. The highest BCUT2D eigenvalue weighted by atomic mass is 32.1. The van der Waals surface area contributed by atoms with Crippen LogP contribution in [-0.4, -0.2) is 32.1 Å². The average Bonchev–Trinajstić information content (AvgIpc) is 2.87. The highest BCUT2D eigenvalue weighted by molar-refractivity contribution is 7.16. The molecule has 1 aliphatic rings. The molecule has 25 heavy (non-hydrogen) atoms. The molecule has 0 fully saturated rings. The fraction of sp³-hybridized carbons (Fsp3) is 0.368. The van der Waals surface area contributed by atoms with Crippen molar-refractivity contribution < 1.29 is 19.2 Å². The van der Waals surface area contributed by atoms with E-state index < -0.39 is 5.97 Å². The molecule has 1 unspecified atom stereocenters. The van der Waals surface area contributed by atoms with Gasteiger partial charge in [-0.05, 0) is 25.0 Å². The third-order valence-corrected chi connectivity index (χ3v) is 5.87. The molecule has 0 aliphatic carbocycles. The number of methoxy groups -OCH3 is 1. The molecular weight excluding hydrogens is 336 g/mol. The number of hydrogen-bond acceptors (Lipinski definition) is 4. The van der Waals surface area contributed by atoms with Gasteiger partial charge in [0.2, 0.25) is 0 Å². The first-order valence-corrected chi connectivity index (χ1v) is 9.19. The number of esters is 1. The lowest BCUT2D eigenvalue weighted by Gasteiger charge is -2.25. The van der Waals surface area contributed by atoms with Crippen molar-refractivity contribution in [1.82, 2.24) is 0 Å². The standard InChI is InChI=1S/C19H22N2O3S/c1-12-13(2)25-18(17(12)19(23)24-3)20-16(22)11-21-9-8-14-6-4-5-7-15(14)10-21/h4-7H,8-11H2,1-3H3,(H,20,22)/p+1. The molecule has 0 bridgehead atoms. The molecule has 0 saturated heterocycles. The minimum Gasteiger partial charge on any atom is -0.465 e. The highest BCUT2D eigenvalue weighted by Crippen LogP contribution is 2.32. The summed E-state index contributed by atoms with van der Waals surface area (Å²) < 4.78 is 4.85.